The summed E-state index contributed by atoms with van der Waals surface area (Å²) in [6, 6.07) is 6.72. The van der Waals surface area contributed by atoms with Crippen molar-refractivity contribution in [3.8, 4) is 5.75 Å². The Morgan fingerprint density at radius 2 is 1.83 bits per heavy atom. The van der Waals surface area contributed by atoms with Gasteiger partial charge in [-0.2, -0.15) is 0 Å². The molecule has 6 heteroatoms. The second-order valence-corrected chi connectivity index (χ2v) is 5.90. The van der Waals surface area contributed by atoms with Crippen LogP contribution in [0.4, 0.5) is 0 Å². The summed E-state index contributed by atoms with van der Waals surface area (Å²) in [7, 11) is 1.55. The molecule has 0 aromatic heterocycles. The highest BCUT2D eigenvalue weighted by Gasteiger charge is 2.40. The molecule has 0 radical (unpaired) electrons. The molecule has 0 atom stereocenters. The number of benzene rings is 1. The van der Waals surface area contributed by atoms with E-state index < -0.39 is 11.5 Å². The van der Waals surface area contributed by atoms with Crippen molar-refractivity contribution in [2.24, 2.45) is 0 Å². The molecule has 23 heavy (non-hydrogen) atoms. The fraction of sp³-hybridized carbons (Fsp3) is 0.471. The minimum absolute atomic E-state index is 0.0617. The van der Waals surface area contributed by atoms with Crippen molar-refractivity contribution in [3.05, 3.63) is 29.8 Å². The summed E-state index contributed by atoms with van der Waals surface area (Å²) in [4.78, 5) is 34.9. The molecule has 1 saturated carbocycles. The predicted molar refractivity (Wildman–Crippen MR) is 83.5 cm³/mol. The molecular formula is C17H21NO5. The molecule has 0 unspecified atom stereocenters. The van der Waals surface area contributed by atoms with Gasteiger partial charge in [-0.15, -0.1) is 0 Å². The first-order chi connectivity index (χ1) is 10.9. The van der Waals surface area contributed by atoms with Gasteiger partial charge < -0.3 is 15.2 Å². The molecule has 1 amide bonds. The summed E-state index contributed by atoms with van der Waals surface area (Å²) >= 11 is 0. The zero-order valence-corrected chi connectivity index (χ0v) is 13.1. The van der Waals surface area contributed by atoms with Gasteiger partial charge >= 0.3 is 5.97 Å². The highest BCUT2D eigenvalue weighted by Crippen LogP contribution is 2.35. The van der Waals surface area contributed by atoms with Crippen LogP contribution in [0.2, 0.25) is 0 Å². The van der Waals surface area contributed by atoms with E-state index in [0.717, 1.165) is 6.42 Å². The first-order valence-corrected chi connectivity index (χ1v) is 7.64. The van der Waals surface area contributed by atoms with Crippen LogP contribution in [0.3, 0.4) is 0 Å². The van der Waals surface area contributed by atoms with E-state index in [1.807, 2.05) is 0 Å². The molecule has 124 valence electrons. The average Bonchev–Trinajstić information content (AvgIpc) is 2.50. The van der Waals surface area contributed by atoms with Gasteiger partial charge in [-0.05, 0) is 43.5 Å². The second-order valence-electron chi connectivity index (χ2n) is 5.90. The standard InChI is InChI=1S/C17H21NO5/c1-23-13-5-3-12(4-6-13)14(19)7-8-15(20)18-17(9-2-10-17)11-16(21)22/h3-6H,2,7-11H2,1H3,(H,18,20)(H,21,22). The molecule has 1 aromatic carbocycles. The molecule has 1 fully saturated rings. The average molecular weight is 319 g/mol. The first kappa shape index (κ1) is 17.0. The fourth-order valence-corrected chi connectivity index (χ4v) is 2.75. The number of hydrogen-bond donors (Lipinski definition) is 2. The number of ether oxygens (including phenoxy) is 1. The van der Waals surface area contributed by atoms with Gasteiger partial charge in [0.2, 0.25) is 5.91 Å². The van der Waals surface area contributed by atoms with Gasteiger partial charge in [0.15, 0.2) is 5.78 Å². The van der Waals surface area contributed by atoms with Crippen LogP contribution < -0.4 is 10.1 Å². The SMILES string of the molecule is COc1ccc(C(=O)CCC(=O)NC2(CC(=O)O)CCC2)cc1. The van der Waals surface area contributed by atoms with Gasteiger partial charge in [0.1, 0.15) is 5.75 Å². The number of hydrogen-bond acceptors (Lipinski definition) is 4. The summed E-state index contributed by atoms with van der Waals surface area (Å²) in [5.74, 6) is -0.643. The quantitative estimate of drug-likeness (QED) is 0.716. The summed E-state index contributed by atoms with van der Waals surface area (Å²) < 4.78 is 5.03. The molecule has 0 heterocycles. The van der Waals surface area contributed by atoms with Gasteiger partial charge in [-0.3, -0.25) is 14.4 Å². The largest absolute Gasteiger partial charge is 0.497 e. The van der Waals surface area contributed by atoms with Crippen LogP contribution in [-0.4, -0.2) is 35.4 Å². The zero-order chi connectivity index (χ0) is 16.9. The van der Waals surface area contributed by atoms with Crippen molar-refractivity contribution < 1.29 is 24.2 Å². The Balaban J connectivity index is 1.83. The van der Waals surface area contributed by atoms with Crippen LogP contribution in [0.5, 0.6) is 5.75 Å². The normalized spacial score (nSPS) is 15.3. The number of amides is 1. The Kier molecular flexibility index (Phi) is 5.36. The van der Waals surface area contributed by atoms with Crippen LogP contribution >= 0.6 is 0 Å². The molecule has 0 spiro atoms. The van der Waals surface area contributed by atoms with E-state index in [1.54, 1.807) is 31.4 Å². The molecule has 1 aromatic rings. The Bertz CT molecular complexity index is 590. The molecule has 0 saturated heterocycles. The molecule has 2 rings (SSSR count). The molecule has 1 aliphatic rings. The number of rotatable bonds is 8. The monoisotopic (exact) mass is 319 g/mol. The van der Waals surface area contributed by atoms with Crippen molar-refractivity contribution in [2.75, 3.05) is 7.11 Å². The summed E-state index contributed by atoms with van der Waals surface area (Å²) in [5.41, 5.74) is -0.0889. The van der Waals surface area contributed by atoms with Crippen molar-refractivity contribution in [1.29, 1.82) is 0 Å². The number of methoxy groups -OCH3 is 1. The van der Waals surface area contributed by atoms with Gasteiger partial charge in [0.05, 0.1) is 19.1 Å². The third kappa shape index (κ3) is 4.55. The lowest BCUT2D eigenvalue weighted by molar-refractivity contribution is -0.140. The van der Waals surface area contributed by atoms with E-state index in [9.17, 15) is 14.4 Å². The Morgan fingerprint density at radius 1 is 1.17 bits per heavy atom. The first-order valence-electron chi connectivity index (χ1n) is 7.64. The molecule has 2 N–H and O–H groups in total. The van der Waals surface area contributed by atoms with Gasteiger partial charge in [-0.1, -0.05) is 0 Å². The number of carboxylic acids is 1. The predicted octanol–water partition coefficient (Wildman–Crippen LogP) is 2.17. The van der Waals surface area contributed by atoms with E-state index >= 15 is 0 Å². The van der Waals surface area contributed by atoms with E-state index in [0.29, 0.717) is 24.2 Å². The Labute approximate surface area is 134 Å². The molecule has 6 nitrogen and oxygen atoms in total. The number of carboxylic acid groups (broad SMARTS) is 1. The number of nitrogens with one attached hydrogen (secondary N) is 1. The molecule has 0 aliphatic heterocycles. The maximum absolute atomic E-state index is 12.1. The number of aliphatic carboxylic acids is 1. The van der Waals surface area contributed by atoms with E-state index in [1.165, 1.54) is 0 Å². The molecule has 1 aliphatic carbocycles. The second kappa shape index (κ2) is 7.26. The highest BCUT2D eigenvalue weighted by molar-refractivity contribution is 5.98. The van der Waals surface area contributed by atoms with Crippen LogP contribution in [0, 0.1) is 0 Å². The molecule has 0 bridgehead atoms. The smallest absolute Gasteiger partial charge is 0.305 e. The van der Waals surface area contributed by atoms with Crippen molar-refractivity contribution >= 4 is 17.7 Å². The van der Waals surface area contributed by atoms with E-state index in [-0.39, 0.29) is 31.0 Å². The van der Waals surface area contributed by atoms with Crippen LogP contribution in [0.1, 0.15) is 48.9 Å². The lowest BCUT2D eigenvalue weighted by Crippen LogP contribution is -2.54. The third-order valence-corrected chi connectivity index (χ3v) is 4.20. The van der Waals surface area contributed by atoms with Gasteiger partial charge in [0, 0.05) is 18.4 Å². The summed E-state index contributed by atoms with van der Waals surface area (Å²) in [5, 5.41) is 11.7. The van der Waals surface area contributed by atoms with Crippen molar-refractivity contribution in [3.63, 3.8) is 0 Å². The number of carbonyl (C=O) groups is 3. The summed E-state index contributed by atoms with van der Waals surface area (Å²) in [6.07, 6.45) is 2.37. The minimum Gasteiger partial charge on any atom is -0.497 e. The van der Waals surface area contributed by atoms with Crippen molar-refractivity contribution in [2.45, 2.75) is 44.1 Å². The fourth-order valence-electron chi connectivity index (χ4n) is 2.75. The number of Topliss-reactive ketones (excluding diaryl/α,β-unsaturated/α-hetero) is 1. The molecular weight excluding hydrogens is 298 g/mol. The maximum atomic E-state index is 12.1. The van der Waals surface area contributed by atoms with E-state index in [4.69, 9.17) is 9.84 Å². The van der Waals surface area contributed by atoms with Crippen LogP contribution in [0.25, 0.3) is 0 Å². The van der Waals surface area contributed by atoms with E-state index in [2.05, 4.69) is 5.32 Å². The third-order valence-electron chi connectivity index (χ3n) is 4.20. The summed E-state index contributed by atoms with van der Waals surface area (Å²) in [6.45, 7) is 0. The maximum Gasteiger partial charge on any atom is 0.305 e. The topological polar surface area (TPSA) is 92.7 Å². The van der Waals surface area contributed by atoms with Crippen molar-refractivity contribution in [1.82, 2.24) is 5.32 Å². The minimum atomic E-state index is -0.917. The Morgan fingerprint density at radius 3 is 2.30 bits per heavy atom. The van der Waals surface area contributed by atoms with Crippen LogP contribution in [-0.2, 0) is 9.59 Å². The number of ketones is 1. The number of carbonyl (C=O) groups excluding carboxylic acids is 2. The van der Waals surface area contributed by atoms with Gasteiger partial charge in [-0.25, -0.2) is 0 Å². The zero-order valence-electron chi connectivity index (χ0n) is 13.1. The lowest BCUT2D eigenvalue weighted by atomic mass is 9.74. The van der Waals surface area contributed by atoms with Gasteiger partial charge in [0.25, 0.3) is 0 Å². The van der Waals surface area contributed by atoms with Crippen LogP contribution in [0.15, 0.2) is 24.3 Å². The highest BCUT2D eigenvalue weighted by atomic mass is 16.5. The lowest BCUT2D eigenvalue weighted by Gasteiger charge is -2.41. The Hall–Kier alpha value is -2.37.